The Balaban J connectivity index is 1.86. The Labute approximate surface area is 177 Å². The van der Waals surface area contributed by atoms with Gasteiger partial charge in [-0.15, -0.1) is 0 Å². The number of nitrogens with zero attached hydrogens (tertiary/aromatic N) is 1. The fraction of sp³-hybridized carbons (Fsp3) is 0.0909. The molecule has 152 valence electrons. The predicted molar refractivity (Wildman–Crippen MR) is 113 cm³/mol. The highest BCUT2D eigenvalue weighted by molar-refractivity contribution is 6.31. The Hall–Kier alpha value is -3.71. The summed E-state index contributed by atoms with van der Waals surface area (Å²) in [5, 5.41) is 14.1. The molecule has 3 aromatic carbocycles. The van der Waals surface area contributed by atoms with E-state index >= 15 is 0 Å². The third-order valence-electron chi connectivity index (χ3n) is 4.30. The molecule has 1 N–H and O–H groups in total. The van der Waals surface area contributed by atoms with Crippen LogP contribution >= 0.6 is 11.6 Å². The normalized spacial score (nSPS) is 11.4. The van der Waals surface area contributed by atoms with Crippen LogP contribution in [0, 0.1) is 17.0 Å². The standard InChI is InChI=1S/C22H17ClN2O5/c1-14-10-11-17(13-19(14)23)24-21(26)20(15-6-3-2-4-7-15)30-22(27)16-8-5-9-18(12-16)25(28)29/h2-13,20H,1H3,(H,24,26). The fourth-order valence-corrected chi connectivity index (χ4v) is 2.88. The highest BCUT2D eigenvalue weighted by Crippen LogP contribution is 2.25. The molecule has 0 aliphatic heterocycles. The second-order valence-electron chi connectivity index (χ2n) is 6.46. The number of anilines is 1. The number of ether oxygens (including phenoxy) is 1. The highest BCUT2D eigenvalue weighted by atomic mass is 35.5. The molecule has 1 atom stereocenters. The van der Waals surface area contributed by atoms with Gasteiger partial charge in [0.1, 0.15) is 0 Å². The van der Waals surface area contributed by atoms with Crippen molar-refractivity contribution in [2.24, 2.45) is 0 Å². The molecule has 0 radical (unpaired) electrons. The van der Waals surface area contributed by atoms with Crippen molar-refractivity contribution in [1.29, 1.82) is 0 Å². The number of benzene rings is 3. The van der Waals surface area contributed by atoms with Gasteiger partial charge in [-0.3, -0.25) is 14.9 Å². The number of amides is 1. The third kappa shape index (κ3) is 5.01. The Kier molecular flexibility index (Phi) is 6.44. The van der Waals surface area contributed by atoms with Crippen LogP contribution in [0.1, 0.15) is 27.6 Å². The maximum absolute atomic E-state index is 12.9. The van der Waals surface area contributed by atoms with Crippen molar-refractivity contribution in [2.75, 3.05) is 5.32 Å². The summed E-state index contributed by atoms with van der Waals surface area (Å²) in [6.07, 6.45) is -1.27. The van der Waals surface area contributed by atoms with Gasteiger partial charge < -0.3 is 10.1 Å². The van der Waals surface area contributed by atoms with Crippen molar-refractivity contribution in [3.63, 3.8) is 0 Å². The zero-order valence-electron chi connectivity index (χ0n) is 15.9. The van der Waals surface area contributed by atoms with Gasteiger partial charge in [0.2, 0.25) is 6.10 Å². The molecule has 1 unspecified atom stereocenters. The molecule has 0 saturated carbocycles. The molecule has 3 rings (SSSR count). The zero-order valence-corrected chi connectivity index (χ0v) is 16.6. The average Bonchev–Trinajstić information content (AvgIpc) is 2.75. The summed E-state index contributed by atoms with van der Waals surface area (Å²) in [7, 11) is 0. The van der Waals surface area contributed by atoms with Gasteiger partial charge in [0.25, 0.3) is 11.6 Å². The largest absolute Gasteiger partial charge is 0.444 e. The van der Waals surface area contributed by atoms with Crippen molar-refractivity contribution < 1.29 is 19.2 Å². The van der Waals surface area contributed by atoms with Crippen LogP contribution in [-0.2, 0) is 9.53 Å². The van der Waals surface area contributed by atoms with E-state index in [0.717, 1.165) is 11.6 Å². The third-order valence-corrected chi connectivity index (χ3v) is 4.70. The van der Waals surface area contributed by atoms with Gasteiger partial charge in [0, 0.05) is 28.4 Å². The summed E-state index contributed by atoms with van der Waals surface area (Å²) in [6.45, 7) is 1.83. The van der Waals surface area contributed by atoms with Crippen LogP contribution in [0.3, 0.4) is 0 Å². The monoisotopic (exact) mass is 424 g/mol. The molecule has 7 nitrogen and oxygen atoms in total. The van der Waals surface area contributed by atoms with E-state index in [-0.39, 0.29) is 11.3 Å². The summed E-state index contributed by atoms with van der Waals surface area (Å²) in [6, 6.07) is 18.6. The minimum absolute atomic E-state index is 0.0312. The highest BCUT2D eigenvalue weighted by Gasteiger charge is 2.26. The van der Waals surface area contributed by atoms with Crippen LogP contribution in [0.25, 0.3) is 0 Å². The first kappa shape index (κ1) is 21.0. The molecule has 0 heterocycles. The molecule has 1 amide bonds. The maximum atomic E-state index is 12.9. The predicted octanol–water partition coefficient (Wildman–Crippen LogP) is 5.09. The zero-order chi connectivity index (χ0) is 21.7. The van der Waals surface area contributed by atoms with Crippen LogP contribution < -0.4 is 5.32 Å². The van der Waals surface area contributed by atoms with E-state index in [1.807, 2.05) is 6.92 Å². The molecule has 0 aromatic heterocycles. The molecule has 0 aliphatic rings. The summed E-state index contributed by atoms with van der Waals surface area (Å²) < 4.78 is 5.44. The quantitative estimate of drug-likeness (QED) is 0.337. The van der Waals surface area contributed by atoms with Crippen molar-refractivity contribution >= 4 is 34.9 Å². The molecule has 0 aliphatic carbocycles. The van der Waals surface area contributed by atoms with Gasteiger partial charge in [-0.05, 0) is 30.7 Å². The number of nitrogens with one attached hydrogen (secondary N) is 1. The van der Waals surface area contributed by atoms with Gasteiger partial charge in [0.15, 0.2) is 0 Å². The van der Waals surface area contributed by atoms with Crippen LogP contribution in [0.2, 0.25) is 5.02 Å². The number of hydrogen-bond acceptors (Lipinski definition) is 5. The summed E-state index contributed by atoms with van der Waals surface area (Å²) in [5.41, 5.74) is 1.47. The van der Waals surface area contributed by atoms with Crippen molar-refractivity contribution in [3.8, 4) is 0 Å². The lowest BCUT2D eigenvalue weighted by Crippen LogP contribution is -2.26. The topological polar surface area (TPSA) is 98.5 Å². The number of esters is 1. The summed E-state index contributed by atoms with van der Waals surface area (Å²) in [4.78, 5) is 35.9. The van der Waals surface area contributed by atoms with Gasteiger partial charge >= 0.3 is 5.97 Å². The van der Waals surface area contributed by atoms with E-state index < -0.39 is 22.9 Å². The second kappa shape index (κ2) is 9.19. The number of hydrogen-bond donors (Lipinski definition) is 1. The molecule has 0 spiro atoms. The molecule has 30 heavy (non-hydrogen) atoms. The van der Waals surface area contributed by atoms with Gasteiger partial charge in [-0.25, -0.2) is 4.79 Å². The molecule has 0 saturated heterocycles. The van der Waals surface area contributed by atoms with Gasteiger partial charge in [-0.1, -0.05) is 54.1 Å². The van der Waals surface area contributed by atoms with E-state index in [4.69, 9.17) is 16.3 Å². The smallest absolute Gasteiger partial charge is 0.339 e. The first-order valence-corrected chi connectivity index (χ1v) is 9.30. The Morgan fingerprint density at radius 1 is 1.03 bits per heavy atom. The maximum Gasteiger partial charge on any atom is 0.339 e. The van der Waals surface area contributed by atoms with Crippen molar-refractivity contribution in [3.05, 3.63) is 105 Å². The van der Waals surface area contributed by atoms with Crippen LogP contribution in [0.5, 0.6) is 0 Å². The molecule has 3 aromatic rings. The minimum Gasteiger partial charge on any atom is -0.444 e. The fourth-order valence-electron chi connectivity index (χ4n) is 2.70. The first-order chi connectivity index (χ1) is 14.3. The van der Waals surface area contributed by atoms with E-state index in [2.05, 4.69) is 5.32 Å². The number of carbonyl (C=O) groups excluding carboxylic acids is 2. The number of rotatable bonds is 6. The Morgan fingerprint density at radius 3 is 2.43 bits per heavy atom. The molecule has 0 fully saturated rings. The lowest BCUT2D eigenvalue weighted by atomic mass is 10.1. The lowest BCUT2D eigenvalue weighted by molar-refractivity contribution is -0.384. The summed E-state index contributed by atoms with van der Waals surface area (Å²) >= 11 is 6.11. The van der Waals surface area contributed by atoms with E-state index in [1.165, 1.54) is 18.2 Å². The number of aryl methyl sites for hydroxylation is 1. The molecular formula is C22H17ClN2O5. The average molecular weight is 425 g/mol. The summed E-state index contributed by atoms with van der Waals surface area (Å²) in [5.74, 6) is -1.44. The van der Waals surface area contributed by atoms with Crippen molar-refractivity contribution in [1.82, 2.24) is 0 Å². The number of nitro groups is 1. The number of non-ortho nitro benzene ring substituents is 1. The van der Waals surface area contributed by atoms with Crippen molar-refractivity contribution in [2.45, 2.75) is 13.0 Å². The molecular weight excluding hydrogens is 408 g/mol. The van der Waals surface area contributed by atoms with Crippen LogP contribution in [-0.4, -0.2) is 16.8 Å². The van der Waals surface area contributed by atoms with E-state index in [1.54, 1.807) is 48.5 Å². The van der Waals surface area contributed by atoms with E-state index in [9.17, 15) is 19.7 Å². The molecule has 8 heteroatoms. The first-order valence-electron chi connectivity index (χ1n) is 8.92. The number of nitro benzene ring substituents is 1. The number of halogens is 1. The number of carbonyl (C=O) groups is 2. The Morgan fingerprint density at radius 2 is 1.77 bits per heavy atom. The van der Waals surface area contributed by atoms with Crippen LogP contribution in [0.15, 0.2) is 72.8 Å². The second-order valence-corrected chi connectivity index (χ2v) is 6.86. The van der Waals surface area contributed by atoms with Crippen LogP contribution in [0.4, 0.5) is 11.4 Å². The van der Waals surface area contributed by atoms with Gasteiger partial charge in [0.05, 0.1) is 10.5 Å². The minimum atomic E-state index is -1.27. The Bertz CT molecular complexity index is 1100. The lowest BCUT2D eigenvalue weighted by Gasteiger charge is -2.18. The van der Waals surface area contributed by atoms with Gasteiger partial charge in [-0.2, -0.15) is 0 Å². The van der Waals surface area contributed by atoms with E-state index in [0.29, 0.717) is 16.3 Å². The molecule has 0 bridgehead atoms. The SMILES string of the molecule is Cc1ccc(NC(=O)C(OC(=O)c2cccc([N+](=O)[O-])c2)c2ccccc2)cc1Cl.